The molecule has 6 nitrogen and oxygen atoms in total. The minimum atomic E-state index is -1.38. The maximum absolute atomic E-state index is 12.5. The predicted molar refractivity (Wildman–Crippen MR) is 90.0 cm³/mol. The third-order valence-electron chi connectivity index (χ3n) is 3.64. The zero-order valence-corrected chi connectivity index (χ0v) is 14.2. The topological polar surface area (TPSA) is 89.3 Å². The first-order valence-electron chi connectivity index (χ1n) is 7.67. The number of ketones is 1. The van der Waals surface area contributed by atoms with Gasteiger partial charge in [0.1, 0.15) is 11.3 Å². The average molecular weight is 328 g/mol. The van der Waals surface area contributed by atoms with E-state index >= 15 is 0 Å². The van der Waals surface area contributed by atoms with E-state index in [0.717, 1.165) is 22.7 Å². The van der Waals surface area contributed by atoms with E-state index in [1.807, 2.05) is 19.1 Å². The minimum absolute atomic E-state index is 0.0425. The van der Waals surface area contributed by atoms with Crippen LogP contribution in [-0.2, 0) is 6.42 Å². The highest BCUT2D eigenvalue weighted by Gasteiger charge is 2.27. The lowest BCUT2D eigenvalue weighted by Crippen LogP contribution is -2.31. The van der Waals surface area contributed by atoms with Crippen molar-refractivity contribution in [3.8, 4) is 5.69 Å². The van der Waals surface area contributed by atoms with Crippen LogP contribution in [0.15, 0.2) is 35.1 Å². The molecule has 2 aromatic rings. The molecule has 1 N–H and O–H groups in total. The fourth-order valence-corrected chi connectivity index (χ4v) is 2.19. The van der Waals surface area contributed by atoms with Crippen molar-refractivity contribution in [2.45, 2.75) is 34.1 Å². The number of rotatable bonds is 4. The van der Waals surface area contributed by atoms with Crippen molar-refractivity contribution in [3.63, 3.8) is 0 Å². The van der Waals surface area contributed by atoms with Gasteiger partial charge in [-0.25, -0.2) is 4.79 Å². The Bertz CT molecular complexity index is 843. The Morgan fingerprint density at radius 3 is 2.21 bits per heavy atom. The lowest BCUT2D eigenvalue weighted by molar-refractivity contribution is 0.0694. The second-order valence-electron chi connectivity index (χ2n) is 6.56. The standard InChI is InChI=1S/C18H20N2O4/c1-5-11-6-8-12(9-7-11)20-16(22)13(17(23)24)10-14(19-20)15(21)18(2,3)4/h6-10H,5H2,1-4H3,(H,23,24). The van der Waals surface area contributed by atoms with E-state index in [1.54, 1.807) is 32.9 Å². The van der Waals surface area contributed by atoms with Crippen molar-refractivity contribution in [1.82, 2.24) is 9.78 Å². The summed E-state index contributed by atoms with van der Waals surface area (Å²) in [4.78, 5) is 36.2. The number of Topliss-reactive ketones (excluding diaryl/α,β-unsaturated/α-hetero) is 1. The number of nitrogens with zero attached hydrogens (tertiary/aromatic N) is 2. The van der Waals surface area contributed by atoms with Crippen LogP contribution in [0.2, 0.25) is 0 Å². The third kappa shape index (κ3) is 3.42. The molecule has 0 bridgehead atoms. The largest absolute Gasteiger partial charge is 0.477 e. The quantitative estimate of drug-likeness (QED) is 0.872. The Kier molecular flexibility index (Phi) is 4.68. The Morgan fingerprint density at radius 2 is 1.75 bits per heavy atom. The van der Waals surface area contributed by atoms with Gasteiger partial charge in [-0.2, -0.15) is 9.78 Å². The fraction of sp³-hybridized carbons (Fsp3) is 0.333. The maximum atomic E-state index is 12.5. The van der Waals surface area contributed by atoms with Gasteiger partial charge in [-0.15, -0.1) is 0 Å². The maximum Gasteiger partial charge on any atom is 0.341 e. The van der Waals surface area contributed by atoms with Crippen molar-refractivity contribution in [2.75, 3.05) is 0 Å². The highest BCUT2D eigenvalue weighted by atomic mass is 16.4. The molecular formula is C18H20N2O4. The van der Waals surface area contributed by atoms with Gasteiger partial charge in [0.2, 0.25) is 0 Å². The highest BCUT2D eigenvalue weighted by Crippen LogP contribution is 2.20. The average Bonchev–Trinajstić information content (AvgIpc) is 2.53. The van der Waals surface area contributed by atoms with Gasteiger partial charge >= 0.3 is 5.97 Å². The van der Waals surface area contributed by atoms with Crippen LogP contribution in [0.1, 0.15) is 54.1 Å². The molecule has 0 saturated heterocycles. The molecule has 1 aromatic carbocycles. The number of aromatic nitrogens is 2. The Balaban J connectivity index is 2.70. The Hall–Kier alpha value is -2.76. The zero-order chi connectivity index (χ0) is 18.1. The van der Waals surface area contributed by atoms with E-state index in [4.69, 9.17) is 0 Å². The lowest BCUT2D eigenvalue weighted by Gasteiger charge is -2.17. The summed E-state index contributed by atoms with van der Waals surface area (Å²) in [6.07, 6.45) is 0.839. The SMILES string of the molecule is CCc1ccc(-n2nc(C(=O)C(C)(C)C)cc(C(=O)O)c2=O)cc1. The summed E-state index contributed by atoms with van der Waals surface area (Å²) in [7, 11) is 0. The predicted octanol–water partition coefficient (Wildman–Crippen LogP) is 2.72. The van der Waals surface area contributed by atoms with Crippen molar-refractivity contribution < 1.29 is 14.7 Å². The van der Waals surface area contributed by atoms with Crippen LogP contribution >= 0.6 is 0 Å². The molecule has 0 amide bonds. The minimum Gasteiger partial charge on any atom is -0.477 e. The molecule has 24 heavy (non-hydrogen) atoms. The van der Waals surface area contributed by atoms with Crippen LogP contribution in [0.5, 0.6) is 0 Å². The number of benzene rings is 1. The molecule has 126 valence electrons. The van der Waals surface area contributed by atoms with Crippen molar-refractivity contribution >= 4 is 11.8 Å². The van der Waals surface area contributed by atoms with Crippen LogP contribution in [0, 0.1) is 5.41 Å². The van der Waals surface area contributed by atoms with Crippen LogP contribution in [0.3, 0.4) is 0 Å². The molecular weight excluding hydrogens is 308 g/mol. The summed E-state index contributed by atoms with van der Waals surface area (Å²) in [5.41, 5.74) is -0.527. The number of carbonyl (C=O) groups excluding carboxylic acids is 1. The molecule has 0 aliphatic carbocycles. The van der Waals surface area contributed by atoms with Crippen LogP contribution < -0.4 is 5.56 Å². The number of carboxylic acid groups (broad SMARTS) is 1. The highest BCUT2D eigenvalue weighted by molar-refractivity contribution is 5.99. The van der Waals surface area contributed by atoms with Crippen molar-refractivity contribution in [3.05, 3.63) is 57.5 Å². The molecule has 0 spiro atoms. The molecule has 0 unspecified atom stereocenters. The molecule has 1 aromatic heterocycles. The Morgan fingerprint density at radius 1 is 1.17 bits per heavy atom. The smallest absolute Gasteiger partial charge is 0.341 e. The number of aryl methyl sites for hydroxylation is 1. The van der Waals surface area contributed by atoms with Gasteiger partial charge in [0.25, 0.3) is 5.56 Å². The number of carboxylic acids is 1. The van der Waals surface area contributed by atoms with Gasteiger partial charge < -0.3 is 5.11 Å². The third-order valence-corrected chi connectivity index (χ3v) is 3.64. The fourth-order valence-electron chi connectivity index (χ4n) is 2.19. The van der Waals surface area contributed by atoms with Crippen LogP contribution in [0.4, 0.5) is 0 Å². The van der Waals surface area contributed by atoms with Gasteiger partial charge in [-0.05, 0) is 30.2 Å². The molecule has 0 atom stereocenters. The van der Waals surface area contributed by atoms with Crippen LogP contribution in [0.25, 0.3) is 5.69 Å². The number of carbonyl (C=O) groups is 2. The molecule has 0 aliphatic heterocycles. The van der Waals surface area contributed by atoms with Gasteiger partial charge in [0.05, 0.1) is 5.69 Å². The summed E-state index contributed by atoms with van der Waals surface area (Å²) < 4.78 is 0.974. The van der Waals surface area contributed by atoms with E-state index in [9.17, 15) is 19.5 Å². The number of aromatic carboxylic acids is 1. The molecule has 0 fully saturated rings. The van der Waals surface area contributed by atoms with Crippen molar-refractivity contribution in [1.29, 1.82) is 0 Å². The number of hydrogen-bond donors (Lipinski definition) is 1. The molecule has 0 saturated carbocycles. The zero-order valence-electron chi connectivity index (χ0n) is 14.2. The van der Waals surface area contributed by atoms with Gasteiger partial charge in [-0.3, -0.25) is 9.59 Å². The first kappa shape index (κ1) is 17.6. The summed E-state index contributed by atoms with van der Waals surface area (Å²) in [5, 5.41) is 13.4. The second kappa shape index (κ2) is 6.39. The van der Waals surface area contributed by atoms with E-state index in [1.165, 1.54) is 0 Å². The molecule has 1 heterocycles. The van der Waals surface area contributed by atoms with Crippen LogP contribution in [-0.4, -0.2) is 26.6 Å². The van der Waals surface area contributed by atoms with Gasteiger partial charge in [-0.1, -0.05) is 39.8 Å². The van der Waals surface area contributed by atoms with E-state index < -0.39 is 22.5 Å². The van der Waals surface area contributed by atoms with E-state index in [2.05, 4.69) is 5.10 Å². The summed E-state index contributed by atoms with van der Waals surface area (Å²) in [6, 6.07) is 8.09. The van der Waals surface area contributed by atoms with Gasteiger partial charge in [0.15, 0.2) is 5.78 Å². The first-order chi connectivity index (χ1) is 11.1. The molecule has 6 heteroatoms. The second-order valence-corrected chi connectivity index (χ2v) is 6.56. The molecule has 0 radical (unpaired) electrons. The lowest BCUT2D eigenvalue weighted by atomic mass is 9.88. The summed E-state index contributed by atoms with van der Waals surface area (Å²) in [5.74, 6) is -1.71. The molecule has 2 rings (SSSR count). The van der Waals surface area contributed by atoms with Crippen molar-refractivity contribution in [2.24, 2.45) is 5.41 Å². The summed E-state index contributed by atoms with van der Waals surface area (Å²) in [6.45, 7) is 7.14. The van der Waals surface area contributed by atoms with E-state index in [0.29, 0.717) is 5.69 Å². The Labute approximate surface area is 139 Å². The monoisotopic (exact) mass is 328 g/mol. The summed E-state index contributed by atoms with van der Waals surface area (Å²) >= 11 is 0. The van der Waals surface area contributed by atoms with Gasteiger partial charge in [0, 0.05) is 5.41 Å². The molecule has 0 aliphatic rings. The normalized spacial score (nSPS) is 11.3. The number of hydrogen-bond acceptors (Lipinski definition) is 4. The van der Waals surface area contributed by atoms with E-state index in [-0.39, 0.29) is 11.5 Å². The first-order valence-corrected chi connectivity index (χ1v) is 7.67.